The lowest BCUT2D eigenvalue weighted by molar-refractivity contribution is -0.137. The molecule has 1 aromatic rings. The van der Waals surface area contributed by atoms with Crippen LogP contribution in [-0.2, 0) is 16.1 Å². The molecule has 0 aliphatic rings. The zero-order valence-electron chi connectivity index (χ0n) is 8.99. The minimum atomic E-state index is -0.743. The van der Waals surface area contributed by atoms with Gasteiger partial charge in [-0.15, -0.1) is 0 Å². The molecule has 0 aromatic heterocycles. The Morgan fingerprint density at radius 1 is 1.25 bits per heavy atom. The Kier molecular flexibility index (Phi) is 6.11. The minimum absolute atomic E-state index is 0.224. The van der Waals surface area contributed by atoms with E-state index in [9.17, 15) is 4.79 Å². The molecular weight excluding hydrogens is 272 g/mol. The maximum Gasteiger partial charge on any atom is 0.303 e. The van der Waals surface area contributed by atoms with Crippen LogP contribution < -0.4 is 0 Å². The largest absolute Gasteiger partial charge is 0.481 e. The fraction of sp³-hybridized carbons (Fsp3) is 0.417. The summed E-state index contributed by atoms with van der Waals surface area (Å²) in [6.07, 6.45) is 1.69. The van der Waals surface area contributed by atoms with Gasteiger partial charge in [0.25, 0.3) is 0 Å². The Labute approximate surface area is 104 Å². The third-order valence-corrected chi connectivity index (χ3v) is 2.64. The Morgan fingerprint density at radius 2 is 1.94 bits per heavy atom. The van der Waals surface area contributed by atoms with Crippen molar-refractivity contribution in [3.8, 4) is 0 Å². The van der Waals surface area contributed by atoms with Crippen LogP contribution in [0.25, 0.3) is 0 Å². The number of hydrogen-bond donors (Lipinski definition) is 1. The number of ether oxygens (including phenoxy) is 1. The second kappa shape index (κ2) is 7.41. The van der Waals surface area contributed by atoms with Crippen molar-refractivity contribution in [2.75, 3.05) is 6.61 Å². The lowest BCUT2D eigenvalue weighted by Gasteiger charge is -2.03. The van der Waals surface area contributed by atoms with Gasteiger partial charge >= 0.3 is 5.97 Å². The molecule has 0 heterocycles. The van der Waals surface area contributed by atoms with Gasteiger partial charge in [-0.1, -0.05) is 28.1 Å². The molecule has 0 spiro atoms. The molecule has 0 bridgehead atoms. The highest BCUT2D eigenvalue weighted by molar-refractivity contribution is 9.10. The lowest BCUT2D eigenvalue weighted by Crippen LogP contribution is -1.98. The number of halogens is 1. The van der Waals surface area contributed by atoms with Gasteiger partial charge in [0.1, 0.15) is 0 Å². The van der Waals surface area contributed by atoms with Crippen molar-refractivity contribution in [2.45, 2.75) is 25.9 Å². The van der Waals surface area contributed by atoms with Crippen LogP contribution in [0, 0.1) is 0 Å². The standard InChI is InChI=1S/C12H15BrO3/c13-11-6-4-10(5-7-11)9-16-8-2-1-3-12(14)15/h4-7H,1-3,8-9H2,(H,14,15). The normalized spacial score (nSPS) is 10.3. The number of hydrogen-bond acceptors (Lipinski definition) is 2. The highest BCUT2D eigenvalue weighted by Crippen LogP contribution is 2.11. The van der Waals surface area contributed by atoms with Crippen molar-refractivity contribution >= 4 is 21.9 Å². The first-order valence-corrected chi connectivity index (χ1v) is 6.02. The van der Waals surface area contributed by atoms with E-state index in [2.05, 4.69) is 15.9 Å². The monoisotopic (exact) mass is 286 g/mol. The van der Waals surface area contributed by atoms with Crippen LogP contribution in [0.3, 0.4) is 0 Å². The van der Waals surface area contributed by atoms with Crippen LogP contribution in [0.4, 0.5) is 0 Å². The molecule has 4 heteroatoms. The molecule has 1 aromatic carbocycles. The van der Waals surface area contributed by atoms with E-state index >= 15 is 0 Å². The van der Waals surface area contributed by atoms with Crippen molar-refractivity contribution in [3.05, 3.63) is 34.3 Å². The smallest absolute Gasteiger partial charge is 0.303 e. The maximum atomic E-state index is 10.2. The lowest BCUT2D eigenvalue weighted by atomic mass is 10.2. The molecule has 0 unspecified atom stereocenters. The van der Waals surface area contributed by atoms with Gasteiger partial charge in [-0.05, 0) is 30.5 Å². The molecule has 0 fully saturated rings. The SMILES string of the molecule is O=C(O)CCCCOCc1ccc(Br)cc1. The second-order valence-electron chi connectivity index (χ2n) is 3.53. The van der Waals surface area contributed by atoms with E-state index in [4.69, 9.17) is 9.84 Å². The molecule has 0 saturated carbocycles. The van der Waals surface area contributed by atoms with Crippen LogP contribution in [0.2, 0.25) is 0 Å². The molecule has 0 aliphatic heterocycles. The van der Waals surface area contributed by atoms with Crippen molar-refractivity contribution in [1.82, 2.24) is 0 Å². The molecule has 3 nitrogen and oxygen atoms in total. The number of carbonyl (C=O) groups is 1. The van der Waals surface area contributed by atoms with Crippen LogP contribution >= 0.6 is 15.9 Å². The fourth-order valence-corrected chi connectivity index (χ4v) is 1.52. The molecule has 0 amide bonds. The van der Waals surface area contributed by atoms with Crippen LogP contribution in [0.5, 0.6) is 0 Å². The number of carboxylic acid groups (broad SMARTS) is 1. The zero-order chi connectivity index (χ0) is 11.8. The quantitative estimate of drug-likeness (QED) is 0.783. The van der Waals surface area contributed by atoms with Crippen LogP contribution in [0.1, 0.15) is 24.8 Å². The summed E-state index contributed by atoms with van der Waals surface area (Å²) in [6.45, 7) is 1.20. The number of carboxylic acids is 1. The summed E-state index contributed by atoms with van der Waals surface area (Å²) in [5.74, 6) is -0.743. The van der Waals surface area contributed by atoms with Gasteiger partial charge < -0.3 is 9.84 Å². The molecule has 1 N–H and O–H groups in total. The van der Waals surface area contributed by atoms with E-state index in [0.717, 1.165) is 16.5 Å². The second-order valence-corrected chi connectivity index (χ2v) is 4.45. The topological polar surface area (TPSA) is 46.5 Å². The first kappa shape index (κ1) is 13.2. The van der Waals surface area contributed by atoms with Gasteiger partial charge in [0.15, 0.2) is 0 Å². The molecule has 88 valence electrons. The van der Waals surface area contributed by atoms with Crippen molar-refractivity contribution in [3.63, 3.8) is 0 Å². The highest BCUT2D eigenvalue weighted by Gasteiger charge is 1.97. The van der Waals surface area contributed by atoms with Crippen molar-refractivity contribution in [2.24, 2.45) is 0 Å². The number of unbranched alkanes of at least 4 members (excludes halogenated alkanes) is 1. The number of rotatable bonds is 7. The third kappa shape index (κ3) is 5.88. The summed E-state index contributed by atoms with van der Waals surface area (Å²) in [4.78, 5) is 10.2. The maximum absolute atomic E-state index is 10.2. The van der Waals surface area contributed by atoms with E-state index in [1.807, 2.05) is 24.3 Å². The average Bonchev–Trinajstić information content (AvgIpc) is 2.25. The molecule has 0 atom stereocenters. The fourth-order valence-electron chi connectivity index (χ4n) is 1.25. The molecule has 0 radical (unpaired) electrons. The summed E-state index contributed by atoms with van der Waals surface area (Å²) in [5, 5.41) is 8.43. The summed E-state index contributed by atoms with van der Waals surface area (Å²) < 4.78 is 6.49. The number of benzene rings is 1. The third-order valence-electron chi connectivity index (χ3n) is 2.11. The molecule has 1 rings (SSSR count). The van der Waals surface area contributed by atoms with Crippen LogP contribution in [0.15, 0.2) is 28.7 Å². The average molecular weight is 287 g/mol. The van der Waals surface area contributed by atoms with E-state index in [1.165, 1.54) is 0 Å². The van der Waals surface area contributed by atoms with Gasteiger partial charge in [-0.25, -0.2) is 0 Å². The molecule has 0 saturated heterocycles. The summed E-state index contributed by atoms with van der Waals surface area (Å²) in [6, 6.07) is 7.95. The van der Waals surface area contributed by atoms with Gasteiger partial charge in [0.05, 0.1) is 6.61 Å². The van der Waals surface area contributed by atoms with Crippen LogP contribution in [-0.4, -0.2) is 17.7 Å². The van der Waals surface area contributed by atoms with Gasteiger partial charge in [0, 0.05) is 17.5 Å². The predicted molar refractivity (Wildman–Crippen MR) is 65.3 cm³/mol. The summed E-state index contributed by atoms with van der Waals surface area (Å²) in [5.41, 5.74) is 1.13. The zero-order valence-corrected chi connectivity index (χ0v) is 10.6. The number of aliphatic carboxylic acids is 1. The Bertz CT molecular complexity index is 322. The Hall–Kier alpha value is -0.870. The molecule has 16 heavy (non-hydrogen) atoms. The van der Waals surface area contributed by atoms with Crippen molar-refractivity contribution < 1.29 is 14.6 Å². The van der Waals surface area contributed by atoms with Gasteiger partial charge in [0.2, 0.25) is 0 Å². The summed E-state index contributed by atoms with van der Waals surface area (Å²) in [7, 11) is 0. The predicted octanol–water partition coefficient (Wildman–Crippen LogP) is 3.22. The van der Waals surface area contributed by atoms with E-state index in [-0.39, 0.29) is 6.42 Å². The first-order valence-electron chi connectivity index (χ1n) is 5.22. The molecule has 0 aliphatic carbocycles. The van der Waals surface area contributed by atoms with E-state index in [0.29, 0.717) is 19.6 Å². The minimum Gasteiger partial charge on any atom is -0.481 e. The van der Waals surface area contributed by atoms with Gasteiger partial charge in [-0.2, -0.15) is 0 Å². The molecular formula is C12H15BrO3. The van der Waals surface area contributed by atoms with E-state index < -0.39 is 5.97 Å². The Morgan fingerprint density at radius 3 is 2.56 bits per heavy atom. The van der Waals surface area contributed by atoms with Crippen molar-refractivity contribution in [1.29, 1.82) is 0 Å². The van der Waals surface area contributed by atoms with E-state index in [1.54, 1.807) is 0 Å². The first-order chi connectivity index (χ1) is 7.68. The summed E-state index contributed by atoms with van der Waals surface area (Å²) >= 11 is 3.36. The Balaban J connectivity index is 2.07. The highest BCUT2D eigenvalue weighted by atomic mass is 79.9. The van der Waals surface area contributed by atoms with Gasteiger partial charge in [-0.3, -0.25) is 4.79 Å².